The van der Waals surface area contributed by atoms with Crippen LogP contribution in [-0.2, 0) is 4.74 Å². The number of benzene rings is 2. The second-order valence-electron chi connectivity index (χ2n) is 6.25. The van der Waals surface area contributed by atoms with Crippen LogP contribution in [0.5, 0.6) is 5.75 Å². The number of carbonyl (C=O) groups excluding carboxylic acids is 1. The summed E-state index contributed by atoms with van der Waals surface area (Å²) < 4.78 is 11.0. The molecule has 26 heavy (non-hydrogen) atoms. The SMILES string of the molecule is CCOC(C)Oc1ccc(PC(=O)c2c(C)cc(C)c(C)c2C)cc1.[LiH]. The molecule has 0 radical (unpaired) electrons. The molecule has 0 saturated carbocycles. The fourth-order valence-electron chi connectivity index (χ4n) is 2.90. The van der Waals surface area contributed by atoms with Crippen molar-refractivity contribution in [2.75, 3.05) is 6.61 Å². The van der Waals surface area contributed by atoms with Gasteiger partial charge in [-0.2, -0.15) is 0 Å². The first-order valence-corrected chi connectivity index (χ1v) is 9.60. The predicted octanol–water partition coefficient (Wildman–Crippen LogP) is 4.18. The average molecular weight is 366 g/mol. The monoisotopic (exact) mass is 366 g/mol. The molecule has 2 aromatic carbocycles. The van der Waals surface area contributed by atoms with Crippen molar-refractivity contribution in [2.24, 2.45) is 0 Å². The Morgan fingerprint density at radius 1 is 1.04 bits per heavy atom. The van der Waals surface area contributed by atoms with Gasteiger partial charge in [0.25, 0.3) is 0 Å². The third-order valence-electron chi connectivity index (χ3n) is 4.40. The van der Waals surface area contributed by atoms with Gasteiger partial charge in [0, 0.05) is 12.2 Å². The summed E-state index contributed by atoms with van der Waals surface area (Å²) in [5, 5.41) is 1.01. The van der Waals surface area contributed by atoms with Gasteiger partial charge in [-0.25, -0.2) is 0 Å². The van der Waals surface area contributed by atoms with Crippen LogP contribution < -0.4 is 10.0 Å². The van der Waals surface area contributed by atoms with E-state index in [4.69, 9.17) is 9.47 Å². The molecule has 0 heterocycles. The van der Waals surface area contributed by atoms with Crippen molar-refractivity contribution < 1.29 is 14.3 Å². The van der Waals surface area contributed by atoms with Crippen LogP contribution in [0.4, 0.5) is 0 Å². The first-order valence-electron chi connectivity index (χ1n) is 8.60. The molecule has 0 spiro atoms. The average Bonchev–Trinajstić information content (AvgIpc) is 2.55. The Morgan fingerprint density at radius 3 is 2.23 bits per heavy atom. The molecular weight excluding hydrogens is 338 g/mol. The van der Waals surface area contributed by atoms with E-state index in [2.05, 4.69) is 19.9 Å². The fraction of sp³-hybridized carbons (Fsp3) is 0.381. The van der Waals surface area contributed by atoms with E-state index in [0.29, 0.717) is 6.61 Å². The molecule has 0 aromatic heterocycles. The van der Waals surface area contributed by atoms with Gasteiger partial charge in [0.1, 0.15) is 5.75 Å². The summed E-state index contributed by atoms with van der Waals surface area (Å²) in [5.74, 6) is 0.750. The second-order valence-corrected chi connectivity index (χ2v) is 7.54. The van der Waals surface area contributed by atoms with Gasteiger partial charge in [0.15, 0.2) is 11.8 Å². The van der Waals surface area contributed by atoms with Crippen LogP contribution in [0.3, 0.4) is 0 Å². The Bertz CT molecular complexity index is 757. The van der Waals surface area contributed by atoms with Gasteiger partial charge in [0.05, 0.1) is 0 Å². The Balaban J connectivity index is 0.00000338. The molecule has 136 valence electrons. The van der Waals surface area contributed by atoms with Gasteiger partial charge in [-0.3, -0.25) is 4.79 Å². The van der Waals surface area contributed by atoms with Crippen molar-refractivity contribution in [1.29, 1.82) is 0 Å². The van der Waals surface area contributed by atoms with Crippen LogP contribution in [0.2, 0.25) is 0 Å². The standard InChI is InChI=1S/C21H27O3P.Li.H/c1-7-23-17(6)24-18-8-10-19(11-9-18)25-21(22)20-14(3)12-13(2)15(4)16(20)5;;/h8-12,17,25H,7H2,1-6H3;;. The van der Waals surface area contributed by atoms with Crippen LogP contribution in [0.1, 0.15) is 46.5 Å². The van der Waals surface area contributed by atoms with Crippen LogP contribution >= 0.6 is 8.58 Å². The first-order chi connectivity index (χ1) is 11.8. The summed E-state index contributed by atoms with van der Waals surface area (Å²) in [6, 6.07) is 9.80. The number of rotatable bonds is 7. The number of carbonyl (C=O) groups is 1. The molecule has 3 nitrogen and oxygen atoms in total. The molecule has 5 heteroatoms. The molecule has 0 aliphatic rings. The van der Waals surface area contributed by atoms with Gasteiger partial charge >= 0.3 is 18.9 Å². The molecule has 0 saturated heterocycles. The van der Waals surface area contributed by atoms with Gasteiger partial charge in [-0.1, -0.05) is 18.2 Å². The van der Waals surface area contributed by atoms with Gasteiger partial charge in [-0.05, 0) is 89.8 Å². The van der Waals surface area contributed by atoms with Crippen molar-refractivity contribution in [3.8, 4) is 5.75 Å². The molecule has 2 unspecified atom stereocenters. The first kappa shape index (κ1) is 22.9. The summed E-state index contributed by atoms with van der Waals surface area (Å²) in [4.78, 5) is 12.8. The minimum absolute atomic E-state index is 0. The fourth-order valence-corrected chi connectivity index (χ4v) is 4.01. The zero-order valence-corrected chi connectivity index (χ0v) is 16.9. The number of aryl methyl sites for hydroxylation is 2. The maximum absolute atomic E-state index is 12.8. The topological polar surface area (TPSA) is 35.5 Å². The van der Waals surface area contributed by atoms with E-state index in [0.717, 1.165) is 27.7 Å². The Kier molecular flexibility index (Phi) is 9.08. The van der Waals surface area contributed by atoms with Crippen molar-refractivity contribution >= 4 is 38.3 Å². The molecule has 2 aromatic rings. The summed E-state index contributed by atoms with van der Waals surface area (Å²) >= 11 is 0. The molecule has 0 fully saturated rings. The zero-order chi connectivity index (χ0) is 18.6. The summed E-state index contributed by atoms with van der Waals surface area (Å²) in [5.41, 5.74) is 5.65. The van der Waals surface area contributed by atoms with Gasteiger partial charge in [0.2, 0.25) is 0 Å². The van der Waals surface area contributed by atoms with Crippen LogP contribution in [0, 0.1) is 27.7 Å². The van der Waals surface area contributed by atoms with Crippen LogP contribution in [0.25, 0.3) is 0 Å². The molecule has 0 aliphatic carbocycles. The van der Waals surface area contributed by atoms with Gasteiger partial charge in [-0.15, -0.1) is 0 Å². The van der Waals surface area contributed by atoms with E-state index < -0.39 is 0 Å². The third-order valence-corrected chi connectivity index (χ3v) is 5.50. The third kappa shape index (κ3) is 5.70. The molecule has 2 atom stereocenters. The van der Waals surface area contributed by atoms with E-state index >= 15 is 0 Å². The summed E-state index contributed by atoms with van der Waals surface area (Å²) in [6.07, 6.45) is -0.277. The molecule has 0 aliphatic heterocycles. The molecule has 2 rings (SSSR count). The van der Waals surface area contributed by atoms with E-state index in [1.807, 2.05) is 52.0 Å². The van der Waals surface area contributed by atoms with Crippen molar-refractivity contribution in [3.05, 3.63) is 58.1 Å². The van der Waals surface area contributed by atoms with Crippen LogP contribution in [0.15, 0.2) is 30.3 Å². The number of hydrogen-bond donors (Lipinski definition) is 0. The summed E-state index contributed by atoms with van der Waals surface area (Å²) in [6.45, 7) is 12.6. The maximum atomic E-state index is 12.8. The van der Waals surface area contributed by atoms with E-state index in [-0.39, 0.29) is 39.3 Å². The quantitative estimate of drug-likeness (QED) is 0.419. The zero-order valence-electron chi connectivity index (χ0n) is 15.9. The van der Waals surface area contributed by atoms with Crippen molar-refractivity contribution in [1.82, 2.24) is 0 Å². The molecule has 0 N–H and O–H groups in total. The Morgan fingerprint density at radius 2 is 1.65 bits per heavy atom. The minimum atomic E-state index is -0.277. The van der Waals surface area contributed by atoms with Crippen molar-refractivity contribution in [3.63, 3.8) is 0 Å². The molecule has 0 amide bonds. The second kappa shape index (κ2) is 10.3. The van der Waals surface area contributed by atoms with Crippen LogP contribution in [-0.4, -0.2) is 37.3 Å². The number of hydrogen-bond acceptors (Lipinski definition) is 3. The Labute approximate surface area is 170 Å². The molecule has 0 bridgehead atoms. The van der Waals surface area contributed by atoms with Gasteiger partial charge < -0.3 is 9.47 Å². The summed E-state index contributed by atoms with van der Waals surface area (Å²) in [7, 11) is 0.109. The van der Waals surface area contributed by atoms with Crippen molar-refractivity contribution in [2.45, 2.75) is 47.8 Å². The number of ether oxygens (including phenoxy) is 2. The predicted molar refractivity (Wildman–Crippen MR) is 113 cm³/mol. The normalized spacial score (nSPS) is 12.1. The van der Waals surface area contributed by atoms with E-state index in [9.17, 15) is 4.79 Å². The Hall–Kier alpha value is -1.10. The molecular formula is C21H28LiO3P. The van der Waals surface area contributed by atoms with E-state index in [1.54, 1.807) is 0 Å². The van der Waals surface area contributed by atoms with E-state index in [1.165, 1.54) is 11.1 Å².